The Kier molecular flexibility index (Phi) is 7.71. The van der Waals surface area contributed by atoms with E-state index in [1.54, 1.807) is 29.5 Å². The van der Waals surface area contributed by atoms with E-state index in [4.69, 9.17) is 0 Å². The third kappa shape index (κ3) is 6.42. The minimum Gasteiger partial charge on any atom is -0.378 e. The molecule has 2 aromatic rings. The van der Waals surface area contributed by atoms with Crippen molar-refractivity contribution in [3.8, 4) is 0 Å². The van der Waals surface area contributed by atoms with Gasteiger partial charge in [-0.2, -0.15) is 0 Å². The predicted molar refractivity (Wildman–Crippen MR) is 104 cm³/mol. The summed E-state index contributed by atoms with van der Waals surface area (Å²) >= 11 is 1.74. The van der Waals surface area contributed by atoms with E-state index in [1.165, 1.54) is 10.9 Å². The smallest absolute Gasteiger partial charge is 0.292 e. The molecule has 0 unspecified atom stereocenters. The van der Waals surface area contributed by atoms with Crippen molar-refractivity contribution in [2.75, 3.05) is 31.5 Å². The van der Waals surface area contributed by atoms with Gasteiger partial charge in [0, 0.05) is 43.5 Å². The molecule has 25 heavy (non-hydrogen) atoms. The van der Waals surface area contributed by atoms with Crippen LogP contribution in [0, 0.1) is 10.1 Å². The molecule has 0 spiro atoms. The molecule has 0 saturated carbocycles. The summed E-state index contributed by atoms with van der Waals surface area (Å²) in [6.07, 6.45) is 0.919. The summed E-state index contributed by atoms with van der Waals surface area (Å²) in [6.45, 7) is 4.68. The second kappa shape index (κ2) is 10.3. The van der Waals surface area contributed by atoms with Gasteiger partial charge < -0.3 is 16.0 Å². The Hall–Kier alpha value is -2.61. The van der Waals surface area contributed by atoms with E-state index in [0.29, 0.717) is 25.3 Å². The van der Waals surface area contributed by atoms with Crippen molar-refractivity contribution < 1.29 is 4.92 Å². The molecule has 0 saturated heterocycles. The fraction of sp³-hybridized carbons (Fsp3) is 0.353. The third-order valence-corrected chi connectivity index (χ3v) is 4.32. The van der Waals surface area contributed by atoms with Crippen molar-refractivity contribution in [1.82, 2.24) is 10.6 Å². The molecular formula is C17H23N5O2S. The van der Waals surface area contributed by atoms with Crippen LogP contribution in [0.1, 0.15) is 11.8 Å². The molecule has 0 aliphatic carbocycles. The molecule has 0 aliphatic rings. The van der Waals surface area contributed by atoms with Crippen molar-refractivity contribution in [2.24, 2.45) is 4.99 Å². The lowest BCUT2D eigenvalue weighted by Gasteiger charge is -2.12. The van der Waals surface area contributed by atoms with E-state index in [-0.39, 0.29) is 10.6 Å². The number of hydrogen-bond donors (Lipinski definition) is 3. The van der Waals surface area contributed by atoms with Crippen LogP contribution in [0.4, 0.5) is 11.4 Å². The summed E-state index contributed by atoms with van der Waals surface area (Å²) in [5, 5.41) is 22.6. The van der Waals surface area contributed by atoms with E-state index in [9.17, 15) is 10.1 Å². The quantitative estimate of drug-likeness (QED) is 0.210. The van der Waals surface area contributed by atoms with Crippen LogP contribution in [0.2, 0.25) is 0 Å². The SMILES string of the molecule is CCNC(=NCCc1cccs1)NCCNc1ccccc1[N+](=O)[O-]. The van der Waals surface area contributed by atoms with Gasteiger partial charge in [0.15, 0.2) is 5.96 Å². The Balaban J connectivity index is 1.78. The van der Waals surface area contributed by atoms with E-state index < -0.39 is 0 Å². The third-order valence-electron chi connectivity index (χ3n) is 3.39. The van der Waals surface area contributed by atoms with Gasteiger partial charge in [-0.25, -0.2) is 0 Å². The molecule has 0 amide bonds. The molecule has 3 N–H and O–H groups in total. The Bertz CT molecular complexity index is 688. The fourth-order valence-electron chi connectivity index (χ4n) is 2.23. The number of rotatable bonds is 9. The van der Waals surface area contributed by atoms with Gasteiger partial charge >= 0.3 is 0 Å². The Morgan fingerprint density at radius 2 is 2.04 bits per heavy atom. The normalized spacial score (nSPS) is 11.2. The summed E-state index contributed by atoms with van der Waals surface area (Å²) in [4.78, 5) is 16.5. The number of nitrogens with one attached hydrogen (secondary N) is 3. The fourth-order valence-corrected chi connectivity index (χ4v) is 2.93. The number of nitro benzene ring substituents is 1. The molecule has 1 aromatic carbocycles. The van der Waals surface area contributed by atoms with Crippen LogP contribution in [-0.4, -0.2) is 37.1 Å². The van der Waals surface area contributed by atoms with Gasteiger partial charge in [0.1, 0.15) is 5.69 Å². The number of hydrogen-bond acceptors (Lipinski definition) is 5. The van der Waals surface area contributed by atoms with Crippen LogP contribution in [-0.2, 0) is 6.42 Å². The number of anilines is 1. The number of nitrogens with zero attached hydrogens (tertiary/aromatic N) is 2. The minimum atomic E-state index is -0.383. The molecule has 0 bridgehead atoms. The van der Waals surface area contributed by atoms with Gasteiger partial charge in [0.25, 0.3) is 5.69 Å². The van der Waals surface area contributed by atoms with Crippen LogP contribution >= 0.6 is 11.3 Å². The summed E-state index contributed by atoms with van der Waals surface area (Å²) < 4.78 is 0. The zero-order valence-corrected chi connectivity index (χ0v) is 15.0. The van der Waals surface area contributed by atoms with Gasteiger partial charge in [0.2, 0.25) is 0 Å². The number of para-hydroxylation sites is 2. The van der Waals surface area contributed by atoms with Gasteiger partial charge in [-0.1, -0.05) is 18.2 Å². The lowest BCUT2D eigenvalue weighted by Crippen LogP contribution is -2.39. The Morgan fingerprint density at radius 1 is 1.20 bits per heavy atom. The standard InChI is InChI=1S/C17H23N5O2S/c1-2-18-17(20-10-9-14-6-5-13-25-14)21-12-11-19-15-7-3-4-8-16(15)22(23)24/h3-8,13,19H,2,9-12H2,1H3,(H2,18,20,21). The molecule has 8 heteroatoms. The van der Waals surface area contributed by atoms with Crippen molar-refractivity contribution >= 4 is 28.7 Å². The van der Waals surface area contributed by atoms with Crippen LogP contribution in [0.3, 0.4) is 0 Å². The lowest BCUT2D eigenvalue weighted by atomic mass is 10.2. The van der Waals surface area contributed by atoms with E-state index in [0.717, 1.165) is 18.9 Å². The van der Waals surface area contributed by atoms with Crippen molar-refractivity contribution in [1.29, 1.82) is 0 Å². The van der Waals surface area contributed by atoms with Gasteiger partial charge in [-0.05, 0) is 24.4 Å². The first-order chi connectivity index (χ1) is 12.2. The highest BCUT2D eigenvalue weighted by atomic mass is 32.1. The highest BCUT2D eigenvalue weighted by Crippen LogP contribution is 2.22. The van der Waals surface area contributed by atoms with Gasteiger partial charge in [-0.15, -0.1) is 11.3 Å². The molecule has 1 heterocycles. The molecule has 1 aromatic heterocycles. The largest absolute Gasteiger partial charge is 0.378 e. The molecule has 0 radical (unpaired) electrons. The lowest BCUT2D eigenvalue weighted by molar-refractivity contribution is -0.384. The number of benzene rings is 1. The number of guanidine groups is 1. The molecule has 0 fully saturated rings. The van der Waals surface area contributed by atoms with E-state index >= 15 is 0 Å². The number of nitro groups is 1. The Labute approximate surface area is 151 Å². The summed E-state index contributed by atoms with van der Waals surface area (Å²) in [6, 6.07) is 10.8. The second-order valence-corrected chi connectivity index (χ2v) is 6.25. The molecular weight excluding hydrogens is 338 g/mol. The van der Waals surface area contributed by atoms with Crippen molar-refractivity contribution in [2.45, 2.75) is 13.3 Å². The molecule has 2 rings (SSSR count). The zero-order valence-electron chi connectivity index (χ0n) is 14.2. The van der Waals surface area contributed by atoms with E-state index in [1.807, 2.05) is 13.0 Å². The minimum absolute atomic E-state index is 0.0824. The monoisotopic (exact) mass is 361 g/mol. The second-order valence-electron chi connectivity index (χ2n) is 5.22. The average Bonchev–Trinajstić information content (AvgIpc) is 3.12. The number of aliphatic imine (C=N–C) groups is 1. The number of thiophene rings is 1. The van der Waals surface area contributed by atoms with Crippen molar-refractivity contribution in [3.05, 3.63) is 56.8 Å². The van der Waals surface area contributed by atoms with Gasteiger partial charge in [0.05, 0.1) is 4.92 Å². The maximum absolute atomic E-state index is 11.0. The van der Waals surface area contributed by atoms with Crippen molar-refractivity contribution in [3.63, 3.8) is 0 Å². The summed E-state index contributed by atoms with van der Waals surface area (Å²) in [7, 11) is 0. The highest BCUT2D eigenvalue weighted by Gasteiger charge is 2.11. The molecule has 0 atom stereocenters. The predicted octanol–water partition coefficient (Wildman–Crippen LogP) is 2.87. The maximum Gasteiger partial charge on any atom is 0.292 e. The zero-order chi connectivity index (χ0) is 17.9. The molecule has 134 valence electrons. The maximum atomic E-state index is 11.0. The van der Waals surface area contributed by atoms with Crippen LogP contribution in [0.5, 0.6) is 0 Å². The molecule has 7 nitrogen and oxygen atoms in total. The van der Waals surface area contributed by atoms with Crippen LogP contribution < -0.4 is 16.0 Å². The Morgan fingerprint density at radius 3 is 2.76 bits per heavy atom. The summed E-state index contributed by atoms with van der Waals surface area (Å²) in [5.74, 6) is 0.753. The van der Waals surface area contributed by atoms with Crippen LogP contribution in [0.15, 0.2) is 46.8 Å². The average molecular weight is 361 g/mol. The van der Waals surface area contributed by atoms with E-state index in [2.05, 4.69) is 32.4 Å². The van der Waals surface area contributed by atoms with Gasteiger partial charge in [-0.3, -0.25) is 15.1 Å². The topological polar surface area (TPSA) is 91.6 Å². The van der Waals surface area contributed by atoms with Crippen LogP contribution in [0.25, 0.3) is 0 Å². The first-order valence-electron chi connectivity index (χ1n) is 8.22. The highest BCUT2D eigenvalue weighted by molar-refractivity contribution is 7.09. The first kappa shape index (κ1) is 18.7. The molecule has 0 aliphatic heterocycles. The first-order valence-corrected chi connectivity index (χ1v) is 9.10. The summed E-state index contributed by atoms with van der Waals surface area (Å²) in [5.41, 5.74) is 0.605.